The molecule has 0 amide bonds. The molecule has 0 saturated carbocycles. The Kier molecular flexibility index (Phi) is 7.72. The average Bonchev–Trinajstić information content (AvgIpc) is 3.07. The van der Waals surface area contributed by atoms with Gasteiger partial charge in [-0.05, 0) is 38.2 Å². The Hall–Kier alpha value is -1.59. The molecule has 1 heterocycles. The number of aliphatic hydroxyl groups excluding tert-OH is 1. The van der Waals surface area contributed by atoms with Crippen molar-refractivity contribution in [3.63, 3.8) is 0 Å². The zero-order valence-electron chi connectivity index (χ0n) is 15.8. The molecule has 0 aliphatic carbocycles. The van der Waals surface area contributed by atoms with Crippen LogP contribution in [0.15, 0.2) is 29.3 Å². The number of aryl methyl sites for hydroxylation is 1. The Balaban J connectivity index is 1.93. The monoisotopic (exact) mass is 347 g/mol. The van der Waals surface area contributed by atoms with E-state index in [-0.39, 0.29) is 12.0 Å². The Morgan fingerprint density at radius 3 is 2.68 bits per heavy atom. The fraction of sp³-hybridized carbons (Fsp3) is 0.650. The highest BCUT2D eigenvalue weighted by atomic mass is 16.5. The number of nitrogens with zero attached hydrogens (tertiary/aromatic N) is 1. The Morgan fingerprint density at radius 2 is 2.08 bits per heavy atom. The quantitative estimate of drug-likeness (QED) is 0.499. The van der Waals surface area contributed by atoms with Crippen molar-refractivity contribution in [3.05, 3.63) is 35.4 Å². The summed E-state index contributed by atoms with van der Waals surface area (Å²) in [6.45, 7) is 10.4. The van der Waals surface area contributed by atoms with Gasteiger partial charge in [0.25, 0.3) is 0 Å². The third-order valence-corrected chi connectivity index (χ3v) is 4.97. The van der Waals surface area contributed by atoms with Crippen LogP contribution in [-0.4, -0.2) is 50.5 Å². The van der Waals surface area contributed by atoms with Crippen molar-refractivity contribution in [2.45, 2.75) is 39.5 Å². The number of guanidine groups is 1. The van der Waals surface area contributed by atoms with Crippen molar-refractivity contribution >= 4 is 5.96 Å². The molecule has 5 nitrogen and oxygen atoms in total. The summed E-state index contributed by atoms with van der Waals surface area (Å²) in [6.07, 6.45) is 1.71. The first-order valence-corrected chi connectivity index (χ1v) is 9.36. The third kappa shape index (κ3) is 6.01. The summed E-state index contributed by atoms with van der Waals surface area (Å²) in [7, 11) is 0. The normalized spacial score (nSPS) is 22.0. The molecule has 2 rings (SSSR count). The molecular formula is C20H33N3O2. The Morgan fingerprint density at radius 1 is 1.32 bits per heavy atom. The molecule has 1 aromatic carbocycles. The van der Waals surface area contributed by atoms with Gasteiger partial charge in [0.15, 0.2) is 5.96 Å². The largest absolute Gasteiger partial charge is 0.396 e. The van der Waals surface area contributed by atoms with Gasteiger partial charge in [0, 0.05) is 31.7 Å². The lowest BCUT2D eigenvalue weighted by Gasteiger charge is -2.25. The van der Waals surface area contributed by atoms with E-state index in [1.165, 1.54) is 11.1 Å². The van der Waals surface area contributed by atoms with Crippen molar-refractivity contribution in [2.75, 3.05) is 39.5 Å². The van der Waals surface area contributed by atoms with Gasteiger partial charge in [-0.15, -0.1) is 0 Å². The van der Waals surface area contributed by atoms with E-state index < -0.39 is 0 Å². The van der Waals surface area contributed by atoms with E-state index >= 15 is 0 Å². The molecule has 1 saturated heterocycles. The Bertz CT molecular complexity index is 536. The SMILES string of the molecule is CCNC(=NCC1(CCO)CCOC1)NCC(C)c1ccc(C)cc1. The molecule has 1 aliphatic rings. The number of aliphatic hydroxyl groups is 1. The standard InChI is InChI=1S/C20H33N3O2/c1-4-21-19(23-14-20(9-11-24)10-12-25-15-20)22-13-17(3)18-7-5-16(2)6-8-18/h5-8,17,24H,4,9-15H2,1-3H3,(H2,21,22,23). The van der Waals surface area contributed by atoms with E-state index in [0.29, 0.717) is 19.1 Å². The zero-order chi connectivity index (χ0) is 18.1. The highest BCUT2D eigenvalue weighted by Gasteiger charge is 2.34. The van der Waals surface area contributed by atoms with Crippen LogP contribution in [0.1, 0.15) is 43.7 Å². The molecule has 0 bridgehead atoms. The van der Waals surface area contributed by atoms with Crippen LogP contribution >= 0.6 is 0 Å². The van der Waals surface area contributed by atoms with Gasteiger partial charge in [0.2, 0.25) is 0 Å². The predicted molar refractivity (Wildman–Crippen MR) is 103 cm³/mol. The van der Waals surface area contributed by atoms with E-state index in [0.717, 1.165) is 38.5 Å². The molecule has 1 fully saturated rings. The van der Waals surface area contributed by atoms with Crippen LogP contribution in [0.3, 0.4) is 0 Å². The van der Waals surface area contributed by atoms with Gasteiger partial charge in [-0.2, -0.15) is 0 Å². The number of rotatable bonds is 8. The summed E-state index contributed by atoms with van der Waals surface area (Å²) in [6, 6.07) is 8.70. The minimum atomic E-state index is -0.0142. The van der Waals surface area contributed by atoms with Crippen LogP contribution in [-0.2, 0) is 4.74 Å². The third-order valence-electron chi connectivity index (χ3n) is 4.97. The second kappa shape index (κ2) is 9.78. The lowest BCUT2D eigenvalue weighted by atomic mass is 9.84. The molecule has 0 radical (unpaired) electrons. The molecule has 3 N–H and O–H groups in total. The maximum absolute atomic E-state index is 9.35. The maximum Gasteiger partial charge on any atom is 0.191 e. The summed E-state index contributed by atoms with van der Waals surface area (Å²) in [5, 5.41) is 16.1. The van der Waals surface area contributed by atoms with E-state index in [1.807, 2.05) is 0 Å². The summed E-state index contributed by atoms with van der Waals surface area (Å²) < 4.78 is 5.55. The highest BCUT2D eigenvalue weighted by molar-refractivity contribution is 5.79. The zero-order valence-corrected chi connectivity index (χ0v) is 15.8. The lowest BCUT2D eigenvalue weighted by Crippen LogP contribution is -2.40. The second-order valence-corrected chi connectivity index (χ2v) is 7.16. The molecule has 1 aromatic rings. The molecule has 5 heteroatoms. The Labute approximate surface area is 151 Å². The maximum atomic E-state index is 9.35. The van der Waals surface area contributed by atoms with Gasteiger partial charge in [-0.1, -0.05) is 36.8 Å². The van der Waals surface area contributed by atoms with Crippen molar-refractivity contribution in [2.24, 2.45) is 10.4 Å². The fourth-order valence-electron chi connectivity index (χ4n) is 3.14. The van der Waals surface area contributed by atoms with Gasteiger partial charge in [0.05, 0.1) is 13.2 Å². The van der Waals surface area contributed by atoms with Crippen molar-refractivity contribution < 1.29 is 9.84 Å². The molecule has 2 unspecified atom stereocenters. The van der Waals surface area contributed by atoms with E-state index in [2.05, 4.69) is 55.7 Å². The molecule has 0 spiro atoms. The summed E-state index contributed by atoms with van der Waals surface area (Å²) >= 11 is 0. The highest BCUT2D eigenvalue weighted by Crippen LogP contribution is 2.32. The molecule has 25 heavy (non-hydrogen) atoms. The van der Waals surface area contributed by atoms with Crippen LogP contribution in [0.4, 0.5) is 0 Å². The first-order valence-electron chi connectivity index (χ1n) is 9.36. The number of benzene rings is 1. The number of nitrogens with one attached hydrogen (secondary N) is 2. The minimum Gasteiger partial charge on any atom is -0.396 e. The van der Waals surface area contributed by atoms with Crippen LogP contribution in [0.2, 0.25) is 0 Å². The summed E-state index contributed by atoms with van der Waals surface area (Å²) in [5.41, 5.74) is 2.60. The number of ether oxygens (including phenoxy) is 1. The molecule has 0 aromatic heterocycles. The van der Waals surface area contributed by atoms with Crippen LogP contribution in [0.25, 0.3) is 0 Å². The first-order chi connectivity index (χ1) is 12.1. The van der Waals surface area contributed by atoms with Gasteiger partial charge in [0.1, 0.15) is 0 Å². The van der Waals surface area contributed by atoms with E-state index in [4.69, 9.17) is 9.73 Å². The second-order valence-electron chi connectivity index (χ2n) is 7.16. The van der Waals surface area contributed by atoms with Gasteiger partial charge >= 0.3 is 0 Å². The minimum absolute atomic E-state index is 0.0142. The fourth-order valence-corrected chi connectivity index (χ4v) is 3.14. The molecule has 2 atom stereocenters. The summed E-state index contributed by atoms with van der Waals surface area (Å²) in [5.74, 6) is 1.25. The van der Waals surface area contributed by atoms with E-state index in [1.54, 1.807) is 0 Å². The van der Waals surface area contributed by atoms with Crippen molar-refractivity contribution in [1.29, 1.82) is 0 Å². The predicted octanol–water partition coefficient (Wildman–Crippen LogP) is 2.44. The van der Waals surface area contributed by atoms with Crippen LogP contribution < -0.4 is 10.6 Å². The van der Waals surface area contributed by atoms with Crippen molar-refractivity contribution in [1.82, 2.24) is 10.6 Å². The van der Waals surface area contributed by atoms with Crippen molar-refractivity contribution in [3.8, 4) is 0 Å². The number of aliphatic imine (C=N–C) groups is 1. The van der Waals surface area contributed by atoms with Gasteiger partial charge in [-0.25, -0.2) is 0 Å². The number of hydrogen-bond donors (Lipinski definition) is 3. The average molecular weight is 348 g/mol. The lowest BCUT2D eigenvalue weighted by molar-refractivity contribution is 0.131. The first kappa shape index (κ1) is 19.7. The van der Waals surface area contributed by atoms with E-state index in [9.17, 15) is 5.11 Å². The molecule has 1 aliphatic heterocycles. The number of hydrogen-bond acceptors (Lipinski definition) is 3. The molecular weight excluding hydrogens is 314 g/mol. The topological polar surface area (TPSA) is 65.9 Å². The van der Waals surface area contributed by atoms with Crippen LogP contribution in [0.5, 0.6) is 0 Å². The van der Waals surface area contributed by atoms with Gasteiger partial charge in [-0.3, -0.25) is 4.99 Å². The van der Waals surface area contributed by atoms with Crippen LogP contribution in [0, 0.1) is 12.3 Å². The smallest absolute Gasteiger partial charge is 0.191 e. The van der Waals surface area contributed by atoms with Gasteiger partial charge < -0.3 is 20.5 Å². The molecule has 140 valence electrons. The summed E-state index contributed by atoms with van der Waals surface area (Å²) in [4.78, 5) is 4.77.